The van der Waals surface area contributed by atoms with Gasteiger partial charge in [0, 0.05) is 4.88 Å². The Labute approximate surface area is 132 Å². The van der Waals surface area contributed by atoms with Gasteiger partial charge in [-0.3, -0.25) is 4.79 Å². The van der Waals surface area contributed by atoms with Gasteiger partial charge < -0.3 is 15.2 Å². The van der Waals surface area contributed by atoms with Crippen molar-refractivity contribution in [1.82, 2.24) is 0 Å². The number of halogens is 3. The van der Waals surface area contributed by atoms with E-state index in [1.165, 1.54) is 13.2 Å². The minimum Gasteiger partial charge on any atom is -0.497 e. The first kappa shape index (κ1) is 16.8. The van der Waals surface area contributed by atoms with Crippen LogP contribution in [0.25, 0.3) is 10.4 Å². The first-order valence-electron chi connectivity index (χ1n) is 6.12. The van der Waals surface area contributed by atoms with Crippen molar-refractivity contribution in [3.8, 4) is 16.2 Å². The van der Waals surface area contributed by atoms with E-state index in [1.807, 2.05) is 0 Å². The highest BCUT2D eigenvalue weighted by molar-refractivity contribution is 7.18. The molecule has 0 atom stereocenters. The van der Waals surface area contributed by atoms with Crippen molar-refractivity contribution in [3.63, 3.8) is 0 Å². The zero-order valence-electron chi connectivity index (χ0n) is 11.6. The van der Waals surface area contributed by atoms with Crippen molar-refractivity contribution in [2.24, 2.45) is 0 Å². The van der Waals surface area contributed by atoms with Crippen LogP contribution in [0.5, 0.6) is 5.75 Å². The van der Waals surface area contributed by atoms with Crippen molar-refractivity contribution in [1.29, 1.82) is 0 Å². The minimum absolute atomic E-state index is 0.381. The van der Waals surface area contributed by atoms with E-state index in [2.05, 4.69) is 0 Å². The molecule has 2 rings (SSSR count). The molecular weight excluding hydrogens is 335 g/mol. The Morgan fingerprint density at radius 3 is 2.30 bits per heavy atom. The molecule has 1 heterocycles. The predicted octanol–water partition coefficient (Wildman–Crippen LogP) is 3.62. The van der Waals surface area contributed by atoms with E-state index in [0.717, 1.165) is 11.3 Å². The summed E-state index contributed by atoms with van der Waals surface area (Å²) in [4.78, 5) is 22.2. The highest BCUT2D eigenvalue weighted by Gasteiger charge is 2.39. The Hall–Kier alpha value is -2.55. The van der Waals surface area contributed by atoms with Gasteiger partial charge in [0.15, 0.2) is 0 Å². The smallest absolute Gasteiger partial charge is 0.471 e. The average molecular weight is 345 g/mol. The van der Waals surface area contributed by atoms with Crippen molar-refractivity contribution in [2.75, 3.05) is 12.4 Å². The molecule has 5 nitrogen and oxygen atoms in total. The lowest BCUT2D eigenvalue weighted by atomic mass is 10.2. The molecule has 1 aromatic heterocycles. The van der Waals surface area contributed by atoms with Gasteiger partial charge >= 0.3 is 18.1 Å². The number of methoxy groups -OCH3 is 1. The summed E-state index contributed by atoms with van der Waals surface area (Å²) in [5.41, 5.74) is 0.196. The van der Waals surface area contributed by atoms with Crippen LogP contribution >= 0.6 is 11.3 Å². The number of carboxylic acid groups (broad SMARTS) is 1. The second kappa shape index (κ2) is 6.29. The van der Waals surface area contributed by atoms with E-state index >= 15 is 0 Å². The van der Waals surface area contributed by atoms with Gasteiger partial charge in [-0.25, -0.2) is 4.79 Å². The fraction of sp³-hybridized carbons (Fsp3) is 0.143. The number of rotatable bonds is 4. The van der Waals surface area contributed by atoms with Gasteiger partial charge in [-0.05, 0) is 35.9 Å². The number of anilines is 1. The number of ether oxygens (including phenoxy) is 1. The summed E-state index contributed by atoms with van der Waals surface area (Å²) >= 11 is 0.764. The van der Waals surface area contributed by atoms with Crippen molar-refractivity contribution in [2.45, 2.75) is 6.18 Å². The second-order valence-corrected chi connectivity index (χ2v) is 5.39. The third-order valence-corrected chi connectivity index (χ3v) is 3.98. The van der Waals surface area contributed by atoms with Crippen molar-refractivity contribution in [3.05, 3.63) is 35.2 Å². The summed E-state index contributed by atoms with van der Waals surface area (Å²) in [5.74, 6) is -3.07. The molecule has 0 spiro atoms. The van der Waals surface area contributed by atoms with Crippen LogP contribution in [0.1, 0.15) is 9.67 Å². The molecule has 2 aromatic rings. The maximum atomic E-state index is 12.3. The molecule has 0 aliphatic carbocycles. The SMILES string of the molecule is COc1ccc(-c2cc(NC(=O)C(F)(F)F)c(C(=O)O)s2)cc1. The Balaban J connectivity index is 2.38. The Bertz CT molecular complexity index is 737. The number of hydrogen-bond donors (Lipinski definition) is 2. The number of carbonyl (C=O) groups excluding carboxylic acids is 1. The first-order valence-corrected chi connectivity index (χ1v) is 6.93. The number of aromatic carboxylic acids is 1. The number of amides is 1. The molecule has 0 fully saturated rings. The van der Waals surface area contributed by atoms with E-state index in [-0.39, 0.29) is 4.88 Å². The van der Waals surface area contributed by atoms with Crippen LogP contribution in [0.2, 0.25) is 0 Å². The number of carbonyl (C=O) groups is 2. The largest absolute Gasteiger partial charge is 0.497 e. The van der Waals surface area contributed by atoms with E-state index < -0.39 is 23.7 Å². The van der Waals surface area contributed by atoms with Crippen LogP contribution in [-0.2, 0) is 4.79 Å². The van der Waals surface area contributed by atoms with Crippen LogP contribution in [0.3, 0.4) is 0 Å². The predicted molar refractivity (Wildman–Crippen MR) is 78.0 cm³/mol. The quantitative estimate of drug-likeness (QED) is 0.887. The number of benzene rings is 1. The maximum Gasteiger partial charge on any atom is 0.471 e. The molecule has 2 N–H and O–H groups in total. The third-order valence-electron chi connectivity index (χ3n) is 2.81. The molecule has 0 saturated heterocycles. The van der Waals surface area contributed by atoms with Crippen molar-refractivity contribution >= 4 is 28.9 Å². The normalized spacial score (nSPS) is 11.1. The van der Waals surface area contributed by atoms with Gasteiger partial charge in [0.25, 0.3) is 0 Å². The fourth-order valence-corrected chi connectivity index (χ4v) is 2.69. The summed E-state index contributed by atoms with van der Waals surface area (Å²) in [6.07, 6.45) is -5.10. The Morgan fingerprint density at radius 1 is 1.22 bits per heavy atom. The van der Waals surface area contributed by atoms with Gasteiger partial charge in [-0.1, -0.05) is 0 Å². The zero-order valence-corrected chi connectivity index (χ0v) is 12.4. The van der Waals surface area contributed by atoms with E-state index in [1.54, 1.807) is 29.6 Å². The summed E-state index contributed by atoms with van der Waals surface area (Å²) in [6.45, 7) is 0. The van der Waals surface area contributed by atoms with Gasteiger partial charge in [0.05, 0.1) is 12.8 Å². The summed E-state index contributed by atoms with van der Waals surface area (Å²) < 4.78 is 41.9. The zero-order chi connectivity index (χ0) is 17.2. The lowest BCUT2D eigenvalue weighted by molar-refractivity contribution is -0.167. The van der Waals surface area contributed by atoms with Gasteiger partial charge in [0.2, 0.25) is 0 Å². The number of carboxylic acids is 1. The average Bonchev–Trinajstić information content (AvgIpc) is 2.90. The molecule has 0 saturated carbocycles. The van der Waals surface area contributed by atoms with Crippen molar-refractivity contribution < 1.29 is 32.6 Å². The van der Waals surface area contributed by atoms with E-state index in [0.29, 0.717) is 16.2 Å². The lowest BCUT2D eigenvalue weighted by Crippen LogP contribution is -2.30. The summed E-state index contributed by atoms with van der Waals surface area (Å²) in [6, 6.07) is 7.71. The summed E-state index contributed by atoms with van der Waals surface area (Å²) in [7, 11) is 1.48. The van der Waals surface area contributed by atoms with Gasteiger partial charge in [-0.2, -0.15) is 13.2 Å². The highest BCUT2D eigenvalue weighted by atomic mass is 32.1. The number of nitrogens with one attached hydrogen (secondary N) is 1. The number of thiophene rings is 1. The molecule has 23 heavy (non-hydrogen) atoms. The molecule has 0 radical (unpaired) electrons. The molecule has 122 valence electrons. The number of hydrogen-bond acceptors (Lipinski definition) is 4. The fourth-order valence-electron chi connectivity index (χ4n) is 1.73. The van der Waals surface area contributed by atoms with Crippen LogP contribution < -0.4 is 10.1 Å². The van der Waals surface area contributed by atoms with E-state index in [9.17, 15) is 22.8 Å². The molecule has 0 aliphatic heterocycles. The Kier molecular flexibility index (Phi) is 4.60. The highest BCUT2D eigenvalue weighted by Crippen LogP contribution is 2.36. The van der Waals surface area contributed by atoms with Crippen LogP contribution in [-0.4, -0.2) is 30.3 Å². The molecular formula is C14H10F3NO4S. The van der Waals surface area contributed by atoms with Crippen LogP contribution in [0.4, 0.5) is 18.9 Å². The first-order chi connectivity index (χ1) is 10.7. The molecule has 0 aliphatic rings. The number of alkyl halides is 3. The third kappa shape index (κ3) is 3.81. The van der Waals surface area contributed by atoms with E-state index in [4.69, 9.17) is 9.84 Å². The summed E-state index contributed by atoms with van der Waals surface area (Å²) in [5, 5.41) is 10.7. The monoisotopic (exact) mass is 345 g/mol. The second-order valence-electron chi connectivity index (χ2n) is 4.34. The van der Waals surface area contributed by atoms with Crippen LogP contribution in [0.15, 0.2) is 30.3 Å². The maximum absolute atomic E-state index is 12.3. The van der Waals surface area contributed by atoms with Crippen LogP contribution in [0, 0.1) is 0 Å². The van der Waals surface area contributed by atoms with Gasteiger partial charge in [0.1, 0.15) is 10.6 Å². The molecule has 9 heteroatoms. The standard InChI is InChI=1S/C14H10F3NO4S/c1-22-8-4-2-7(3-5-8)10-6-9(11(23-10)12(19)20)18-13(21)14(15,16)17/h2-6H,1H3,(H,18,21)(H,19,20). The molecule has 0 unspecified atom stereocenters. The lowest BCUT2D eigenvalue weighted by Gasteiger charge is -2.06. The van der Waals surface area contributed by atoms with Gasteiger partial charge in [-0.15, -0.1) is 11.3 Å². The Morgan fingerprint density at radius 2 is 1.83 bits per heavy atom. The minimum atomic E-state index is -5.10. The molecule has 1 aromatic carbocycles. The molecule has 1 amide bonds. The topological polar surface area (TPSA) is 75.6 Å². The molecule has 0 bridgehead atoms.